The molecule has 7 heteroatoms. The number of fused-ring (bicyclic) bond motifs is 1. The Balaban J connectivity index is 1.66. The monoisotopic (exact) mass is 459 g/mol. The Morgan fingerprint density at radius 2 is 1.56 bits per heavy atom. The van der Waals surface area contributed by atoms with Crippen molar-refractivity contribution in [3.8, 4) is 11.8 Å². The van der Waals surface area contributed by atoms with Crippen molar-refractivity contribution in [1.82, 2.24) is 14.5 Å². The third-order valence-electron chi connectivity index (χ3n) is 5.51. The molecule has 0 unspecified atom stereocenters. The van der Waals surface area contributed by atoms with Gasteiger partial charge in [-0.3, -0.25) is 4.57 Å². The van der Waals surface area contributed by atoms with E-state index in [1.54, 1.807) is 20.4 Å². The fourth-order valence-corrected chi connectivity index (χ4v) is 3.94. The zero-order chi connectivity index (χ0) is 24.1. The van der Waals surface area contributed by atoms with Crippen molar-refractivity contribution in [2.24, 2.45) is 5.92 Å². The fourth-order valence-electron chi connectivity index (χ4n) is 3.94. The van der Waals surface area contributed by atoms with Crippen molar-refractivity contribution < 1.29 is 19.0 Å². The molecule has 2 aromatic carbocycles. The van der Waals surface area contributed by atoms with Crippen LogP contribution in [0.25, 0.3) is 10.9 Å². The second-order valence-electron chi connectivity index (χ2n) is 8.49. The number of benzene rings is 2. The van der Waals surface area contributed by atoms with Gasteiger partial charge in [0.2, 0.25) is 11.8 Å². The van der Waals surface area contributed by atoms with E-state index in [-0.39, 0.29) is 6.61 Å². The van der Waals surface area contributed by atoms with Gasteiger partial charge in [-0.25, -0.2) is 14.8 Å². The Bertz CT molecular complexity index is 1280. The number of aromatic nitrogens is 3. The first-order chi connectivity index (χ1) is 16.5. The second kappa shape index (κ2) is 10.4. The number of hydrogen-bond acceptors (Lipinski definition) is 6. The Morgan fingerprint density at radius 1 is 0.912 bits per heavy atom. The van der Waals surface area contributed by atoms with Gasteiger partial charge >= 0.3 is 6.09 Å². The van der Waals surface area contributed by atoms with Crippen LogP contribution >= 0.6 is 0 Å². The van der Waals surface area contributed by atoms with Gasteiger partial charge in [0.1, 0.15) is 18.0 Å². The summed E-state index contributed by atoms with van der Waals surface area (Å²) >= 11 is 0. The number of para-hydroxylation sites is 1. The Labute approximate surface area is 199 Å². The zero-order valence-corrected chi connectivity index (χ0v) is 19.9. The Hall–Kier alpha value is -3.87. The molecule has 0 radical (unpaired) electrons. The molecule has 0 spiro atoms. The van der Waals surface area contributed by atoms with E-state index in [0.29, 0.717) is 29.8 Å². The van der Waals surface area contributed by atoms with Crippen molar-refractivity contribution in [3.05, 3.63) is 83.3 Å². The van der Waals surface area contributed by atoms with Gasteiger partial charge in [-0.1, -0.05) is 62.4 Å². The van der Waals surface area contributed by atoms with E-state index in [0.717, 1.165) is 34.1 Å². The highest BCUT2D eigenvalue weighted by atomic mass is 16.5. The lowest BCUT2D eigenvalue weighted by Gasteiger charge is -2.13. The number of rotatable bonds is 8. The van der Waals surface area contributed by atoms with Crippen molar-refractivity contribution >= 4 is 17.0 Å². The summed E-state index contributed by atoms with van der Waals surface area (Å²) < 4.78 is 18.2. The summed E-state index contributed by atoms with van der Waals surface area (Å²) in [6.45, 7) is 4.44. The van der Waals surface area contributed by atoms with E-state index in [9.17, 15) is 4.79 Å². The molecular formula is C27H29N3O4. The third kappa shape index (κ3) is 5.03. The van der Waals surface area contributed by atoms with Crippen LogP contribution in [0.5, 0.6) is 11.8 Å². The number of carbonyl (C=O) groups excluding carboxylic acids is 1. The molecule has 34 heavy (non-hydrogen) atoms. The van der Waals surface area contributed by atoms with Crippen LogP contribution in [0.15, 0.2) is 60.8 Å². The molecule has 0 aliphatic rings. The number of methoxy groups -OCH3 is 2. The first-order valence-electron chi connectivity index (χ1n) is 11.3. The van der Waals surface area contributed by atoms with E-state index < -0.39 is 6.09 Å². The smallest absolute Gasteiger partial charge is 0.418 e. The highest BCUT2D eigenvalue weighted by Crippen LogP contribution is 2.29. The van der Waals surface area contributed by atoms with Gasteiger partial charge in [-0.05, 0) is 29.5 Å². The van der Waals surface area contributed by atoms with Crippen LogP contribution in [0.3, 0.4) is 0 Å². The fraction of sp³-hybridized carbons (Fsp3) is 0.296. The number of nitrogens with zero attached hydrogens (tertiary/aromatic N) is 3. The minimum atomic E-state index is -0.436. The molecule has 2 heterocycles. The lowest BCUT2D eigenvalue weighted by molar-refractivity contribution is 0.142. The summed E-state index contributed by atoms with van der Waals surface area (Å²) in [7, 11) is 3.18. The summed E-state index contributed by atoms with van der Waals surface area (Å²) in [4.78, 5) is 22.3. The molecule has 0 N–H and O–H groups in total. The standard InChI is InChI=1S/C27H29N3O4/c1-18(2)14-22-25(32-3)29-23(26(28-22)33-4)15-20-16-30(24-13-9-8-12-21(20)24)27(31)34-17-19-10-6-5-7-11-19/h5-13,16,18H,14-15,17H2,1-4H3. The molecule has 0 aliphatic heterocycles. The predicted octanol–water partition coefficient (Wildman–Crippen LogP) is 5.42. The van der Waals surface area contributed by atoms with Gasteiger partial charge < -0.3 is 14.2 Å². The SMILES string of the molecule is COc1nc(CC(C)C)c(OC)nc1Cc1cn(C(=O)OCc2ccccc2)c2ccccc12. The molecule has 7 nitrogen and oxygen atoms in total. The van der Waals surface area contributed by atoms with Crippen LogP contribution in [0.2, 0.25) is 0 Å². The van der Waals surface area contributed by atoms with E-state index in [2.05, 4.69) is 18.8 Å². The highest BCUT2D eigenvalue weighted by Gasteiger charge is 2.20. The minimum Gasteiger partial charge on any atom is -0.480 e. The average molecular weight is 460 g/mol. The summed E-state index contributed by atoms with van der Waals surface area (Å²) in [6, 6.07) is 17.3. The first kappa shape index (κ1) is 23.3. The van der Waals surface area contributed by atoms with Crippen LogP contribution < -0.4 is 9.47 Å². The Kier molecular flexibility index (Phi) is 7.11. The normalized spacial score (nSPS) is 11.1. The molecule has 2 aromatic heterocycles. The Morgan fingerprint density at radius 3 is 2.26 bits per heavy atom. The van der Waals surface area contributed by atoms with Gasteiger partial charge in [-0.2, -0.15) is 0 Å². The van der Waals surface area contributed by atoms with Crippen molar-refractivity contribution in [2.75, 3.05) is 14.2 Å². The van der Waals surface area contributed by atoms with E-state index in [4.69, 9.17) is 19.2 Å². The van der Waals surface area contributed by atoms with Gasteiger partial charge in [0.25, 0.3) is 0 Å². The minimum absolute atomic E-state index is 0.204. The van der Waals surface area contributed by atoms with E-state index in [1.165, 1.54) is 4.57 Å². The topological polar surface area (TPSA) is 75.5 Å². The van der Waals surface area contributed by atoms with Gasteiger partial charge in [-0.15, -0.1) is 0 Å². The summed E-state index contributed by atoms with van der Waals surface area (Å²) in [5, 5.41) is 0.938. The molecule has 176 valence electrons. The van der Waals surface area contributed by atoms with Crippen molar-refractivity contribution in [2.45, 2.75) is 33.3 Å². The van der Waals surface area contributed by atoms with Gasteiger partial charge in [0, 0.05) is 18.0 Å². The largest absolute Gasteiger partial charge is 0.480 e. The predicted molar refractivity (Wildman–Crippen MR) is 130 cm³/mol. The van der Waals surface area contributed by atoms with Crippen LogP contribution in [-0.2, 0) is 24.2 Å². The van der Waals surface area contributed by atoms with E-state index >= 15 is 0 Å². The average Bonchev–Trinajstić information content (AvgIpc) is 3.22. The number of hydrogen-bond donors (Lipinski definition) is 0. The molecule has 0 amide bonds. The van der Waals surface area contributed by atoms with Crippen LogP contribution in [0.4, 0.5) is 4.79 Å². The maximum Gasteiger partial charge on any atom is 0.418 e. The van der Waals surface area contributed by atoms with Crippen molar-refractivity contribution in [1.29, 1.82) is 0 Å². The van der Waals surface area contributed by atoms with Crippen LogP contribution in [-0.4, -0.2) is 34.8 Å². The molecule has 0 bridgehead atoms. The molecular weight excluding hydrogens is 430 g/mol. The van der Waals surface area contributed by atoms with Gasteiger partial charge in [0.05, 0.1) is 19.7 Å². The molecule has 4 rings (SSSR count). The third-order valence-corrected chi connectivity index (χ3v) is 5.51. The molecule has 0 saturated carbocycles. The molecule has 4 aromatic rings. The lowest BCUT2D eigenvalue weighted by Crippen LogP contribution is -2.12. The maximum absolute atomic E-state index is 12.9. The van der Waals surface area contributed by atoms with Crippen LogP contribution in [0.1, 0.15) is 36.4 Å². The number of carbonyl (C=O) groups is 1. The highest BCUT2D eigenvalue weighted by molar-refractivity contribution is 5.92. The second-order valence-corrected chi connectivity index (χ2v) is 8.49. The maximum atomic E-state index is 12.9. The molecule has 0 aliphatic carbocycles. The molecule has 0 fully saturated rings. The molecule has 0 saturated heterocycles. The molecule has 0 atom stereocenters. The van der Waals surface area contributed by atoms with Crippen molar-refractivity contribution in [3.63, 3.8) is 0 Å². The summed E-state index contributed by atoms with van der Waals surface area (Å²) in [6.07, 6.45) is 2.52. The summed E-state index contributed by atoms with van der Waals surface area (Å²) in [5.74, 6) is 1.36. The summed E-state index contributed by atoms with van der Waals surface area (Å²) in [5.41, 5.74) is 4.03. The lowest BCUT2D eigenvalue weighted by atomic mass is 10.1. The quantitative estimate of drug-likeness (QED) is 0.350. The number of ether oxygens (including phenoxy) is 3. The first-order valence-corrected chi connectivity index (χ1v) is 11.3. The zero-order valence-electron chi connectivity index (χ0n) is 19.9. The van der Waals surface area contributed by atoms with E-state index in [1.807, 2.05) is 54.6 Å². The van der Waals surface area contributed by atoms with Crippen LogP contribution in [0, 0.1) is 5.92 Å². The van der Waals surface area contributed by atoms with Gasteiger partial charge in [0.15, 0.2) is 0 Å².